The summed E-state index contributed by atoms with van der Waals surface area (Å²) in [5.74, 6) is 1.80. The number of hydrogen-bond acceptors (Lipinski definition) is 3. The highest BCUT2D eigenvalue weighted by atomic mass is 16.5. The summed E-state index contributed by atoms with van der Waals surface area (Å²) in [6, 6.07) is 12.3. The van der Waals surface area contributed by atoms with Crippen molar-refractivity contribution in [2.75, 3.05) is 40.8 Å². The molecule has 1 aromatic carbocycles. The molecule has 2 rings (SSSR count). The Bertz CT molecular complexity index is 723. The molecule has 0 aliphatic carbocycles. The number of para-hydroxylation sites is 1. The van der Waals surface area contributed by atoms with Gasteiger partial charge in [-0.1, -0.05) is 18.2 Å². The van der Waals surface area contributed by atoms with E-state index in [2.05, 4.69) is 65.1 Å². The van der Waals surface area contributed by atoms with Gasteiger partial charge in [-0.15, -0.1) is 0 Å². The summed E-state index contributed by atoms with van der Waals surface area (Å²) in [6.07, 6.45) is 2.06. The molecule has 0 saturated carbocycles. The molecule has 0 bridgehead atoms. The maximum atomic E-state index is 5.95. The maximum Gasteiger partial charge on any atom is 0.194 e. The van der Waals surface area contributed by atoms with Crippen molar-refractivity contribution >= 4 is 5.96 Å². The fourth-order valence-corrected chi connectivity index (χ4v) is 2.72. The van der Waals surface area contributed by atoms with Crippen LogP contribution in [0.25, 0.3) is 0 Å². The van der Waals surface area contributed by atoms with Crippen molar-refractivity contribution in [1.82, 2.24) is 19.7 Å². The molecule has 0 unspecified atom stereocenters. The number of rotatable bonds is 9. The van der Waals surface area contributed by atoms with Crippen molar-refractivity contribution in [3.8, 4) is 5.75 Å². The lowest BCUT2D eigenvalue weighted by atomic mass is 10.2. The van der Waals surface area contributed by atoms with Gasteiger partial charge in [0.15, 0.2) is 5.96 Å². The van der Waals surface area contributed by atoms with Gasteiger partial charge in [0.25, 0.3) is 0 Å². The quantitative estimate of drug-likeness (QED) is 0.544. The standard InChI is InChI=1S/C21H33N5O/c1-6-22-21(26(5)17-19-11-9-13-25(19)4)23-16-18-10-7-8-12-20(18)27-15-14-24(2)3/h7-13H,6,14-17H2,1-5H3,(H,22,23). The van der Waals surface area contributed by atoms with Gasteiger partial charge in [0.05, 0.1) is 13.1 Å². The highest BCUT2D eigenvalue weighted by molar-refractivity contribution is 5.79. The molecule has 0 amide bonds. The van der Waals surface area contributed by atoms with Crippen LogP contribution >= 0.6 is 0 Å². The van der Waals surface area contributed by atoms with Gasteiger partial charge in [0.1, 0.15) is 12.4 Å². The predicted molar refractivity (Wildman–Crippen MR) is 112 cm³/mol. The van der Waals surface area contributed by atoms with Crippen LogP contribution < -0.4 is 10.1 Å². The molecule has 1 N–H and O–H groups in total. The fourth-order valence-electron chi connectivity index (χ4n) is 2.72. The van der Waals surface area contributed by atoms with Crippen LogP contribution in [0.5, 0.6) is 5.75 Å². The van der Waals surface area contributed by atoms with Gasteiger partial charge in [0.2, 0.25) is 0 Å². The minimum atomic E-state index is 0.581. The molecule has 148 valence electrons. The number of hydrogen-bond donors (Lipinski definition) is 1. The van der Waals surface area contributed by atoms with Crippen molar-refractivity contribution in [3.63, 3.8) is 0 Å². The Morgan fingerprint density at radius 2 is 1.93 bits per heavy atom. The lowest BCUT2D eigenvalue weighted by molar-refractivity contribution is 0.259. The van der Waals surface area contributed by atoms with E-state index in [0.29, 0.717) is 13.2 Å². The van der Waals surface area contributed by atoms with Gasteiger partial charge in [-0.25, -0.2) is 4.99 Å². The summed E-state index contributed by atoms with van der Waals surface area (Å²) in [5, 5.41) is 3.38. The minimum absolute atomic E-state index is 0.581. The number of aromatic nitrogens is 1. The van der Waals surface area contributed by atoms with Crippen LogP contribution in [0.1, 0.15) is 18.2 Å². The zero-order valence-corrected chi connectivity index (χ0v) is 17.3. The Kier molecular flexibility index (Phi) is 8.20. The first-order valence-electron chi connectivity index (χ1n) is 9.46. The van der Waals surface area contributed by atoms with Crippen LogP contribution in [-0.4, -0.2) is 61.2 Å². The van der Waals surface area contributed by atoms with Crippen LogP contribution in [0.15, 0.2) is 47.6 Å². The molecule has 0 radical (unpaired) electrons. The maximum absolute atomic E-state index is 5.95. The second-order valence-corrected chi connectivity index (χ2v) is 6.90. The van der Waals surface area contributed by atoms with Crippen LogP contribution in [0, 0.1) is 0 Å². The number of benzene rings is 1. The van der Waals surface area contributed by atoms with E-state index in [4.69, 9.17) is 9.73 Å². The number of aliphatic imine (C=N–C) groups is 1. The number of likely N-dealkylation sites (N-methyl/N-ethyl adjacent to an activating group) is 1. The summed E-state index contributed by atoms with van der Waals surface area (Å²) in [5.41, 5.74) is 2.34. The normalized spacial score (nSPS) is 11.7. The monoisotopic (exact) mass is 371 g/mol. The SMILES string of the molecule is CCNC(=NCc1ccccc1OCCN(C)C)N(C)Cc1cccn1C. The van der Waals surface area contributed by atoms with E-state index in [1.54, 1.807) is 0 Å². The molecule has 6 heteroatoms. The number of aryl methyl sites for hydroxylation is 1. The molecular formula is C21H33N5O. The second-order valence-electron chi connectivity index (χ2n) is 6.90. The zero-order valence-electron chi connectivity index (χ0n) is 17.3. The molecule has 0 fully saturated rings. The van der Waals surface area contributed by atoms with Gasteiger partial charge >= 0.3 is 0 Å². The Morgan fingerprint density at radius 3 is 2.59 bits per heavy atom. The molecule has 2 aromatic rings. The van der Waals surface area contributed by atoms with Crippen molar-refractivity contribution in [3.05, 3.63) is 53.9 Å². The summed E-state index contributed by atoms with van der Waals surface area (Å²) < 4.78 is 8.09. The number of nitrogens with one attached hydrogen (secondary N) is 1. The molecule has 0 saturated heterocycles. The van der Waals surface area contributed by atoms with Crippen LogP contribution in [0.3, 0.4) is 0 Å². The minimum Gasteiger partial charge on any atom is -0.492 e. The number of guanidine groups is 1. The van der Waals surface area contributed by atoms with Crippen molar-refractivity contribution in [2.24, 2.45) is 12.0 Å². The molecular weight excluding hydrogens is 338 g/mol. The summed E-state index contributed by atoms with van der Waals surface area (Å²) >= 11 is 0. The number of ether oxygens (including phenoxy) is 1. The van der Waals surface area contributed by atoms with E-state index in [-0.39, 0.29) is 0 Å². The van der Waals surface area contributed by atoms with Crippen LogP contribution in [0.2, 0.25) is 0 Å². The van der Waals surface area contributed by atoms with E-state index in [1.165, 1.54) is 5.69 Å². The summed E-state index contributed by atoms with van der Waals surface area (Å²) in [6.45, 7) is 5.86. The van der Waals surface area contributed by atoms with Crippen molar-refractivity contribution in [2.45, 2.75) is 20.0 Å². The van der Waals surface area contributed by atoms with Crippen LogP contribution in [0.4, 0.5) is 0 Å². The molecule has 0 aliphatic rings. The highest BCUT2D eigenvalue weighted by Crippen LogP contribution is 2.19. The second kappa shape index (κ2) is 10.6. The first-order valence-corrected chi connectivity index (χ1v) is 9.46. The third-order valence-corrected chi connectivity index (χ3v) is 4.31. The topological polar surface area (TPSA) is 45.0 Å². The lowest BCUT2D eigenvalue weighted by Crippen LogP contribution is -2.38. The molecule has 0 atom stereocenters. The van der Waals surface area contributed by atoms with E-state index in [9.17, 15) is 0 Å². The van der Waals surface area contributed by atoms with Gasteiger partial charge < -0.3 is 24.4 Å². The smallest absolute Gasteiger partial charge is 0.194 e. The fraction of sp³-hybridized carbons (Fsp3) is 0.476. The van der Waals surface area contributed by atoms with E-state index in [0.717, 1.165) is 36.9 Å². The Hall–Kier alpha value is -2.47. The summed E-state index contributed by atoms with van der Waals surface area (Å²) in [7, 11) is 8.22. The molecule has 1 aromatic heterocycles. The molecule has 0 aliphatic heterocycles. The first-order chi connectivity index (χ1) is 13.0. The average Bonchev–Trinajstić information content (AvgIpc) is 3.04. The third-order valence-electron chi connectivity index (χ3n) is 4.31. The van der Waals surface area contributed by atoms with E-state index in [1.807, 2.05) is 32.3 Å². The third kappa shape index (κ3) is 6.64. The molecule has 1 heterocycles. The molecule has 27 heavy (non-hydrogen) atoms. The molecule has 6 nitrogen and oxygen atoms in total. The zero-order chi connectivity index (χ0) is 19.6. The highest BCUT2D eigenvalue weighted by Gasteiger charge is 2.09. The van der Waals surface area contributed by atoms with Gasteiger partial charge in [0, 0.05) is 44.6 Å². The van der Waals surface area contributed by atoms with Gasteiger partial charge in [-0.3, -0.25) is 0 Å². The largest absolute Gasteiger partial charge is 0.492 e. The summed E-state index contributed by atoms with van der Waals surface area (Å²) in [4.78, 5) is 9.09. The lowest BCUT2D eigenvalue weighted by Gasteiger charge is -2.22. The van der Waals surface area contributed by atoms with Crippen molar-refractivity contribution in [1.29, 1.82) is 0 Å². The Balaban J connectivity index is 2.06. The average molecular weight is 372 g/mol. The Labute approximate surface area is 163 Å². The predicted octanol–water partition coefficient (Wildman–Crippen LogP) is 2.56. The van der Waals surface area contributed by atoms with E-state index >= 15 is 0 Å². The first kappa shape index (κ1) is 20.8. The van der Waals surface area contributed by atoms with Crippen molar-refractivity contribution < 1.29 is 4.74 Å². The Morgan fingerprint density at radius 1 is 1.15 bits per heavy atom. The van der Waals surface area contributed by atoms with Crippen LogP contribution in [-0.2, 0) is 20.1 Å². The van der Waals surface area contributed by atoms with Gasteiger partial charge in [-0.2, -0.15) is 0 Å². The number of nitrogens with zero attached hydrogens (tertiary/aromatic N) is 4. The molecule has 0 spiro atoms. The van der Waals surface area contributed by atoms with E-state index < -0.39 is 0 Å². The van der Waals surface area contributed by atoms with Gasteiger partial charge in [-0.05, 0) is 39.2 Å².